The van der Waals surface area contributed by atoms with Gasteiger partial charge in [0.05, 0.1) is 20.3 Å². The number of rotatable bonds is 6. The normalized spacial score (nSPS) is 10.8. The molecule has 0 aliphatic carbocycles. The molecule has 0 fully saturated rings. The number of nitrogens with zero attached hydrogens (tertiary/aromatic N) is 1. The SMILES string of the molecule is CCc1ccc(/C(=C\C#N)c2cc(OC)cc(OC)c2)cc1NC(C)=O. The molecular weight excluding hydrogens is 328 g/mol. The van der Waals surface area contributed by atoms with Crippen LogP contribution in [0.4, 0.5) is 5.69 Å². The van der Waals surface area contributed by atoms with Crippen LogP contribution in [0, 0.1) is 11.3 Å². The first-order valence-electron chi connectivity index (χ1n) is 8.26. The van der Waals surface area contributed by atoms with Crippen molar-refractivity contribution in [3.05, 3.63) is 59.2 Å². The van der Waals surface area contributed by atoms with Gasteiger partial charge in [-0.1, -0.05) is 19.1 Å². The standard InChI is InChI=1S/C21H22N2O3/c1-5-15-6-7-16(12-21(15)23-14(2)24)20(8-9-22)17-10-18(25-3)13-19(11-17)26-4/h6-8,10-13H,5H2,1-4H3,(H,23,24)/b20-8+. The van der Waals surface area contributed by atoms with E-state index < -0.39 is 0 Å². The molecule has 0 saturated heterocycles. The maximum atomic E-state index is 11.5. The van der Waals surface area contributed by atoms with Crippen molar-refractivity contribution in [2.45, 2.75) is 20.3 Å². The molecule has 5 heteroatoms. The van der Waals surface area contributed by atoms with Gasteiger partial charge >= 0.3 is 0 Å². The second-order valence-electron chi connectivity index (χ2n) is 5.70. The summed E-state index contributed by atoms with van der Waals surface area (Å²) < 4.78 is 10.7. The molecule has 5 nitrogen and oxygen atoms in total. The molecule has 1 amide bonds. The molecule has 0 unspecified atom stereocenters. The Hall–Kier alpha value is -3.26. The summed E-state index contributed by atoms with van der Waals surface area (Å²) in [7, 11) is 3.16. The fraction of sp³-hybridized carbons (Fsp3) is 0.238. The number of hydrogen-bond donors (Lipinski definition) is 1. The van der Waals surface area contributed by atoms with Crippen molar-refractivity contribution in [2.24, 2.45) is 0 Å². The quantitative estimate of drug-likeness (QED) is 0.793. The Kier molecular flexibility index (Phi) is 6.40. The van der Waals surface area contributed by atoms with Crippen molar-refractivity contribution in [3.63, 3.8) is 0 Å². The van der Waals surface area contributed by atoms with Crippen LogP contribution in [0.25, 0.3) is 5.57 Å². The Morgan fingerprint density at radius 1 is 1.12 bits per heavy atom. The lowest BCUT2D eigenvalue weighted by Gasteiger charge is -2.14. The molecular formula is C21H22N2O3. The highest BCUT2D eigenvalue weighted by Crippen LogP contribution is 2.32. The van der Waals surface area contributed by atoms with E-state index in [1.165, 1.54) is 13.0 Å². The molecule has 0 heterocycles. The van der Waals surface area contributed by atoms with E-state index in [0.717, 1.165) is 34.4 Å². The molecule has 26 heavy (non-hydrogen) atoms. The van der Waals surface area contributed by atoms with Crippen LogP contribution in [0.2, 0.25) is 0 Å². The number of carbonyl (C=O) groups is 1. The van der Waals surface area contributed by atoms with E-state index in [-0.39, 0.29) is 5.91 Å². The number of allylic oxidation sites excluding steroid dienone is 1. The van der Waals surface area contributed by atoms with Gasteiger partial charge in [-0.05, 0) is 46.9 Å². The minimum atomic E-state index is -0.134. The van der Waals surface area contributed by atoms with Crippen molar-refractivity contribution >= 4 is 17.2 Å². The summed E-state index contributed by atoms with van der Waals surface area (Å²) in [5.41, 5.74) is 4.11. The van der Waals surface area contributed by atoms with Crippen LogP contribution in [0.5, 0.6) is 11.5 Å². The van der Waals surface area contributed by atoms with E-state index in [0.29, 0.717) is 11.5 Å². The van der Waals surface area contributed by atoms with Gasteiger partial charge in [0.15, 0.2) is 0 Å². The zero-order valence-electron chi connectivity index (χ0n) is 15.4. The van der Waals surface area contributed by atoms with Gasteiger partial charge in [0.2, 0.25) is 5.91 Å². The lowest BCUT2D eigenvalue weighted by molar-refractivity contribution is -0.114. The molecule has 0 bridgehead atoms. The number of anilines is 1. The molecule has 134 valence electrons. The maximum Gasteiger partial charge on any atom is 0.221 e. The largest absolute Gasteiger partial charge is 0.497 e. The third kappa shape index (κ3) is 4.42. The second-order valence-corrected chi connectivity index (χ2v) is 5.70. The van der Waals surface area contributed by atoms with Crippen LogP contribution in [0.15, 0.2) is 42.5 Å². The number of methoxy groups -OCH3 is 2. The first kappa shape index (κ1) is 19.1. The van der Waals surface area contributed by atoms with Crippen molar-refractivity contribution in [3.8, 4) is 17.6 Å². The monoisotopic (exact) mass is 350 g/mol. The molecule has 0 radical (unpaired) electrons. The third-order valence-electron chi connectivity index (χ3n) is 3.98. The fourth-order valence-corrected chi connectivity index (χ4v) is 2.72. The zero-order chi connectivity index (χ0) is 19.1. The molecule has 0 aliphatic rings. The highest BCUT2D eigenvalue weighted by atomic mass is 16.5. The highest BCUT2D eigenvalue weighted by Gasteiger charge is 2.12. The zero-order valence-corrected chi connectivity index (χ0v) is 15.4. The summed E-state index contributed by atoms with van der Waals surface area (Å²) in [6.45, 7) is 3.50. The van der Waals surface area contributed by atoms with E-state index in [9.17, 15) is 10.1 Å². The second kappa shape index (κ2) is 8.72. The topological polar surface area (TPSA) is 71.3 Å². The third-order valence-corrected chi connectivity index (χ3v) is 3.98. The lowest BCUT2D eigenvalue weighted by Crippen LogP contribution is -2.08. The summed E-state index contributed by atoms with van der Waals surface area (Å²) in [6, 6.07) is 13.4. The number of benzene rings is 2. The molecule has 0 aliphatic heterocycles. The van der Waals surface area contributed by atoms with Crippen molar-refractivity contribution in [2.75, 3.05) is 19.5 Å². The predicted molar refractivity (Wildman–Crippen MR) is 102 cm³/mol. The molecule has 2 rings (SSSR count). The Morgan fingerprint density at radius 3 is 2.27 bits per heavy atom. The van der Waals surface area contributed by atoms with E-state index in [1.807, 2.05) is 37.3 Å². The molecule has 0 spiro atoms. The van der Waals surface area contributed by atoms with Gasteiger partial charge in [-0.25, -0.2) is 0 Å². The average Bonchev–Trinajstić information content (AvgIpc) is 2.65. The minimum absolute atomic E-state index is 0.134. The van der Waals surface area contributed by atoms with Crippen LogP contribution >= 0.6 is 0 Å². The van der Waals surface area contributed by atoms with Gasteiger partial charge in [0.25, 0.3) is 0 Å². The average molecular weight is 350 g/mol. The van der Waals surface area contributed by atoms with E-state index >= 15 is 0 Å². The smallest absolute Gasteiger partial charge is 0.221 e. The van der Waals surface area contributed by atoms with Gasteiger partial charge in [0, 0.05) is 24.8 Å². The summed E-state index contributed by atoms with van der Waals surface area (Å²) >= 11 is 0. The van der Waals surface area contributed by atoms with E-state index in [2.05, 4.69) is 11.4 Å². The van der Waals surface area contributed by atoms with Crippen LogP contribution in [0.3, 0.4) is 0 Å². The molecule has 2 aromatic carbocycles. The summed E-state index contributed by atoms with van der Waals surface area (Å²) in [5.74, 6) is 1.14. The van der Waals surface area contributed by atoms with Gasteiger partial charge in [0.1, 0.15) is 11.5 Å². The molecule has 0 saturated carbocycles. The number of carbonyl (C=O) groups excluding carboxylic acids is 1. The van der Waals surface area contributed by atoms with Gasteiger partial charge in [-0.3, -0.25) is 4.79 Å². The highest BCUT2D eigenvalue weighted by molar-refractivity contribution is 5.91. The van der Waals surface area contributed by atoms with E-state index in [1.54, 1.807) is 20.3 Å². The van der Waals surface area contributed by atoms with Crippen molar-refractivity contribution in [1.82, 2.24) is 0 Å². The molecule has 0 atom stereocenters. The van der Waals surface area contributed by atoms with Gasteiger partial charge in [-0.2, -0.15) is 5.26 Å². The number of hydrogen-bond acceptors (Lipinski definition) is 4. The van der Waals surface area contributed by atoms with Crippen LogP contribution in [-0.2, 0) is 11.2 Å². The lowest BCUT2D eigenvalue weighted by atomic mass is 9.95. The summed E-state index contributed by atoms with van der Waals surface area (Å²) in [5, 5.41) is 12.1. The number of ether oxygens (including phenoxy) is 2. The molecule has 1 N–H and O–H groups in total. The van der Waals surface area contributed by atoms with Crippen molar-refractivity contribution in [1.29, 1.82) is 5.26 Å². The van der Waals surface area contributed by atoms with Gasteiger partial charge < -0.3 is 14.8 Å². The molecule has 0 aromatic heterocycles. The van der Waals surface area contributed by atoms with Gasteiger partial charge in [-0.15, -0.1) is 0 Å². The van der Waals surface area contributed by atoms with Crippen LogP contribution in [-0.4, -0.2) is 20.1 Å². The Morgan fingerprint density at radius 2 is 1.77 bits per heavy atom. The Labute approximate surface area is 153 Å². The first-order chi connectivity index (χ1) is 12.5. The summed E-state index contributed by atoms with van der Waals surface area (Å²) in [4.78, 5) is 11.5. The number of aryl methyl sites for hydroxylation is 1. The Bertz CT molecular complexity index is 857. The van der Waals surface area contributed by atoms with Crippen LogP contribution in [0.1, 0.15) is 30.5 Å². The number of nitrogens with one attached hydrogen (secondary N) is 1. The summed E-state index contributed by atoms with van der Waals surface area (Å²) in [6.07, 6.45) is 2.27. The first-order valence-corrected chi connectivity index (χ1v) is 8.26. The number of nitriles is 1. The van der Waals surface area contributed by atoms with E-state index in [4.69, 9.17) is 9.47 Å². The minimum Gasteiger partial charge on any atom is -0.497 e. The fourth-order valence-electron chi connectivity index (χ4n) is 2.72. The Balaban J connectivity index is 2.60. The maximum absolute atomic E-state index is 11.5. The number of amides is 1. The van der Waals surface area contributed by atoms with Crippen LogP contribution < -0.4 is 14.8 Å². The van der Waals surface area contributed by atoms with Crippen molar-refractivity contribution < 1.29 is 14.3 Å². The predicted octanol–water partition coefficient (Wildman–Crippen LogP) is 4.18. The molecule has 2 aromatic rings.